The third kappa shape index (κ3) is 35.3. The number of unbranched alkanes of at least 4 members (excludes halogenated alkanes) is 14. The minimum Gasteiger partial charge on any atom is -0.488 e. The normalized spacial score (nSPS) is 11.6. The number of alkyl halides is 6. The Morgan fingerprint density at radius 3 is 1.15 bits per heavy atom. The van der Waals surface area contributed by atoms with Crippen molar-refractivity contribution in [3.05, 3.63) is 6.42 Å². The van der Waals surface area contributed by atoms with E-state index in [1.54, 1.807) is 0 Å². The molecule has 13 heteroatoms. The number of esters is 2. The van der Waals surface area contributed by atoms with E-state index in [1.807, 2.05) is 0 Å². The van der Waals surface area contributed by atoms with Crippen molar-refractivity contribution in [3.8, 4) is 0 Å². The van der Waals surface area contributed by atoms with Crippen LogP contribution < -0.4 is 29.6 Å². The van der Waals surface area contributed by atoms with Gasteiger partial charge in [0, 0.05) is 0 Å². The maximum absolute atomic E-state index is 11.8. The summed E-state index contributed by atoms with van der Waals surface area (Å²) in [7, 11) is 0. The summed E-state index contributed by atoms with van der Waals surface area (Å²) in [5.74, 6) is -1.05. The van der Waals surface area contributed by atoms with Gasteiger partial charge in [-0.05, 0) is 25.7 Å². The number of halogens is 6. The topological polar surface area (TPSA) is 71.1 Å². The van der Waals surface area contributed by atoms with Gasteiger partial charge in [0.25, 0.3) is 5.97 Å². The quantitative estimate of drug-likeness (QED) is 0.0493. The molecule has 39 heavy (non-hydrogen) atoms. The molecule has 0 aliphatic carbocycles. The van der Waals surface area contributed by atoms with Gasteiger partial charge in [0.05, 0.1) is 26.4 Å². The van der Waals surface area contributed by atoms with E-state index in [-0.39, 0.29) is 62.4 Å². The average molecular weight is 589 g/mol. The second kappa shape index (κ2) is 26.2. The Hall–Kier alpha value is -0.690. The van der Waals surface area contributed by atoms with Gasteiger partial charge in [0.1, 0.15) is 0 Å². The fourth-order valence-corrected chi connectivity index (χ4v) is 3.55. The number of hydrogen-bond donors (Lipinski definition) is 0. The molecule has 0 rings (SSSR count). The predicted octanol–water partition coefficient (Wildman–Crippen LogP) is 4.99. The average Bonchev–Trinajstić information content (AvgIpc) is 2.82. The van der Waals surface area contributed by atoms with E-state index in [0.29, 0.717) is 38.5 Å². The zero-order chi connectivity index (χ0) is 28.5. The van der Waals surface area contributed by atoms with E-state index >= 15 is 0 Å². The Morgan fingerprint density at radius 2 is 0.795 bits per heavy atom. The number of hydrogen-bond acceptors (Lipinski definition) is 6. The summed E-state index contributed by atoms with van der Waals surface area (Å²) in [6.45, 7) is -0.0592. The summed E-state index contributed by atoms with van der Waals surface area (Å²) in [6, 6.07) is 0. The van der Waals surface area contributed by atoms with Crippen molar-refractivity contribution in [2.45, 2.75) is 122 Å². The molecule has 0 saturated carbocycles. The number of ether oxygens (including phenoxy) is 4. The van der Waals surface area contributed by atoms with Crippen LogP contribution in [0.5, 0.6) is 0 Å². The van der Waals surface area contributed by atoms with E-state index in [4.69, 9.17) is 9.47 Å². The molecule has 0 heterocycles. The monoisotopic (exact) mass is 588 g/mol. The van der Waals surface area contributed by atoms with Crippen LogP contribution in [0.15, 0.2) is 0 Å². The molecule has 0 amide bonds. The summed E-state index contributed by atoms with van der Waals surface area (Å²) < 4.78 is 88.4. The molecule has 0 saturated heterocycles. The van der Waals surface area contributed by atoms with Gasteiger partial charge in [-0.3, -0.25) is 25.5 Å². The third-order valence-electron chi connectivity index (χ3n) is 5.55. The van der Waals surface area contributed by atoms with Crippen molar-refractivity contribution >= 4 is 11.9 Å². The van der Waals surface area contributed by atoms with Gasteiger partial charge in [-0.25, -0.2) is 0 Å². The Kier molecular flexibility index (Phi) is 27.2. The van der Waals surface area contributed by atoms with Crippen LogP contribution in [0.25, 0.3) is 0 Å². The SMILES string of the molecule is O=C([CH-]CC(=O)OCCCCCCCCCCOC(F)(F)F)OCCCCCCCCCCOC(F)(F)F.[Na+]. The number of carbonyl (C=O) groups excluding carboxylic acids is 2. The molecule has 0 aromatic heterocycles. The molecule has 6 nitrogen and oxygen atoms in total. The van der Waals surface area contributed by atoms with Crippen molar-refractivity contribution in [3.63, 3.8) is 0 Å². The van der Waals surface area contributed by atoms with Crippen LogP contribution in [0.2, 0.25) is 0 Å². The van der Waals surface area contributed by atoms with Crippen LogP contribution in [-0.2, 0) is 28.5 Å². The Morgan fingerprint density at radius 1 is 0.487 bits per heavy atom. The molecule has 0 spiro atoms. The summed E-state index contributed by atoms with van der Waals surface area (Å²) >= 11 is 0. The third-order valence-corrected chi connectivity index (χ3v) is 5.55. The first-order valence-electron chi connectivity index (χ1n) is 13.6. The van der Waals surface area contributed by atoms with Gasteiger partial charge >= 0.3 is 42.3 Å². The maximum Gasteiger partial charge on any atom is 1.00 e. The van der Waals surface area contributed by atoms with Gasteiger partial charge in [-0.2, -0.15) is 0 Å². The summed E-state index contributed by atoms with van der Waals surface area (Å²) in [5, 5.41) is 0. The molecule has 0 radical (unpaired) electrons. The van der Waals surface area contributed by atoms with E-state index < -0.39 is 24.7 Å². The van der Waals surface area contributed by atoms with Gasteiger partial charge in [0.15, 0.2) is 5.97 Å². The zero-order valence-corrected chi connectivity index (χ0v) is 25.1. The molecule has 0 atom stereocenters. The number of carbonyl (C=O) groups is 2. The first kappa shape index (κ1) is 40.4. The van der Waals surface area contributed by atoms with Gasteiger partial charge in [0.2, 0.25) is 0 Å². The first-order valence-corrected chi connectivity index (χ1v) is 13.6. The molecular formula is C26H43F6NaO6. The van der Waals surface area contributed by atoms with E-state index in [2.05, 4.69) is 9.47 Å². The van der Waals surface area contributed by atoms with Crippen molar-refractivity contribution in [1.29, 1.82) is 0 Å². The van der Waals surface area contributed by atoms with Crippen molar-refractivity contribution in [2.75, 3.05) is 26.4 Å². The molecular weight excluding hydrogens is 545 g/mol. The second-order valence-corrected chi connectivity index (χ2v) is 9.04. The van der Waals surface area contributed by atoms with Crippen LogP contribution in [0.4, 0.5) is 26.3 Å². The first-order chi connectivity index (χ1) is 18.0. The van der Waals surface area contributed by atoms with E-state index in [0.717, 1.165) is 70.6 Å². The van der Waals surface area contributed by atoms with Gasteiger partial charge < -0.3 is 9.47 Å². The van der Waals surface area contributed by atoms with Crippen LogP contribution >= 0.6 is 0 Å². The fraction of sp³-hybridized carbons (Fsp3) is 0.885. The standard InChI is InChI=1S/C26H43F6O6.Na/c27-25(28,29)37-21-15-11-7-3-1-5-9-13-19-35-23(33)17-18-24(34)36-20-14-10-6-2-4-8-12-16-22-38-26(30,31)32;/h17H,1-16,18-22H2;/q-1;+1. The number of rotatable bonds is 25. The molecule has 0 bridgehead atoms. The molecule has 0 aliphatic rings. The second-order valence-electron chi connectivity index (χ2n) is 9.04. The summed E-state index contributed by atoms with van der Waals surface area (Å²) in [4.78, 5) is 23.3. The zero-order valence-electron chi connectivity index (χ0n) is 23.1. The van der Waals surface area contributed by atoms with Crippen LogP contribution in [-0.4, -0.2) is 51.1 Å². The molecule has 0 aromatic carbocycles. The molecule has 0 aliphatic heterocycles. The minimum atomic E-state index is -4.55. The van der Waals surface area contributed by atoms with Crippen LogP contribution in [0.1, 0.15) is 109 Å². The van der Waals surface area contributed by atoms with Gasteiger partial charge in [-0.15, -0.1) is 26.3 Å². The maximum atomic E-state index is 11.8. The van der Waals surface area contributed by atoms with Crippen molar-refractivity contribution in [1.82, 2.24) is 0 Å². The molecule has 0 fully saturated rings. The van der Waals surface area contributed by atoms with Crippen LogP contribution in [0.3, 0.4) is 0 Å². The largest absolute Gasteiger partial charge is 1.00 e. The Bertz CT molecular complexity index is 540. The summed E-state index contributed by atoms with van der Waals surface area (Å²) in [6.07, 6.45) is 4.70. The van der Waals surface area contributed by atoms with E-state index in [9.17, 15) is 35.9 Å². The molecule has 0 N–H and O–H groups in total. The van der Waals surface area contributed by atoms with Crippen LogP contribution in [0, 0.1) is 6.42 Å². The minimum absolute atomic E-state index is 0. The van der Waals surface area contributed by atoms with Gasteiger partial charge in [-0.1, -0.05) is 83.5 Å². The van der Waals surface area contributed by atoms with Crippen molar-refractivity contribution < 1.29 is 84.4 Å². The molecule has 0 unspecified atom stereocenters. The summed E-state index contributed by atoms with van der Waals surface area (Å²) in [5.41, 5.74) is 0. The fourth-order valence-electron chi connectivity index (χ4n) is 3.55. The predicted molar refractivity (Wildman–Crippen MR) is 129 cm³/mol. The molecule has 0 aromatic rings. The smallest absolute Gasteiger partial charge is 0.488 e. The molecule has 226 valence electrons. The van der Waals surface area contributed by atoms with Crippen molar-refractivity contribution in [2.24, 2.45) is 0 Å². The van der Waals surface area contributed by atoms with E-state index in [1.165, 1.54) is 0 Å². The Labute approximate surface area is 250 Å². The Balaban J connectivity index is 0.